The van der Waals surface area contributed by atoms with Crippen LogP contribution in [-0.4, -0.2) is 21.2 Å². The number of hydrogen-bond donors (Lipinski definition) is 1. The maximum atomic E-state index is 11.3. The smallest absolute Gasteiger partial charge is 0.414 e. The highest BCUT2D eigenvalue weighted by Crippen LogP contribution is 2.15. The quantitative estimate of drug-likeness (QED) is 0.918. The van der Waals surface area contributed by atoms with Gasteiger partial charge in [-0.3, -0.25) is 0 Å². The van der Waals surface area contributed by atoms with Gasteiger partial charge < -0.3 is 5.11 Å². The van der Waals surface area contributed by atoms with Crippen molar-refractivity contribution in [1.29, 1.82) is 0 Å². The molecule has 19 heavy (non-hydrogen) atoms. The fourth-order valence-electron chi connectivity index (χ4n) is 2.00. The molecule has 0 aliphatic heterocycles. The zero-order chi connectivity index (χ0) is 13.8. The summed E-state index contributed by atoms with van der Waals surface area (Å²) >= 11 is 0. The predicted molar refractivity (Wildman–Crippen MR) is 72.2 cm³/mol. The number of benzene rings is 1. The molecule has 2 aromatic rings. The Balaban J connectivity index is 2.29. The van der Waals surface area contributed by atoms with E-state index in [1.807, 2.05) is 32.0 Å². The molecule has 1 N–H and O–H groups in total. The number of hydrogen-bond acceptors (Lipinski definition) is 3. The second kappa shape index (κ2) is 5.48. The maximum absolute atomic E-state index is 11.3. The summed E-state index contributed by atoms with van der Waals surface area (Å²) in [6.45, 7) is 4.21. The Hall–Kier alpha value is -2.43. The fourth-order valence-corrected chi connectivity index (χ4v) is 2.00. The fraction of sp³-hybridized carbons (Fsp3) is 0.214. The average Bonchev–Trinajstić information content (AvgIpc) is 2.35. The first-order valence-electron chi connectivity index (χ1n) is 5.91. The summed E-state index contributed by atoms with van der Waals surface area (Å²) in [7, 11) is 0. The van der Waals surface area contributed by atoms with Gasteiger partial charge in [0.05, 0.1) is 6.54 Å². The van der Waals surface area contributed by atoms with Crippen LogP contribution >= 0.6 is 0 Å². The average molecular weight is 257 g/mol. The minimum atomic E-state index is -1.06. The molecule has 0 fully saturated rings. The number of rotatable bonds is 3. The third kappa shape index (κ3) is 3.28. The maximum Gasteiger partial charge on any atom is 0.414 e. The van der Waals surface area contributed by atoms with Crippen molar-refractivity contribution >= 4 is 12.0 Å². The molecular weight excluding hydrogens is 242 g/mol. The molecule has 0 unspecified atom stereocenters. The highest BCUT2D eigenvalue weighted by atomic mass is 16.4. The van der Waals surface area contributed by atoms with Crippen molar-refractivity contribution in [2.24, 2.45) is 0 Å². The van der Waals surface area contributed by atoms with Crippen molar-refractivity contribution in [3.8, 4) is 0 Å². The van der Waals surface area contributed by atoms with E-state index in [9.17, 15) is 9.90 Å². The van der Waals surface area contributed by atoms with Gasteiger partial charge in [-0.15, -0.1) is 0 Å². The zero-order valence-corrected chi connectivity index (χ0v) is 10.9. The summed E-state index contributed by atoms with van der Waals surface area (Å²) in [4.78, 5) is 20.4. The van der Waals surface area contributed by atoms with Gasteiger partial charge in [0.1, 0.15) is 0 Å². The van der Waals surface area contributed by atoms with E-state index in [1.54, 1.807) is 6.07 Å². The van der Waals surface area contributed by atoms with Gasteiger partial charge in [-0.25, -0.2) is 19.7 Å². The van der Waals surface area contributed by atoms with Gasteiger partial charge in [0.15, 0.2) is 0 Å². The largest absolute Gasteiger partial charge is 0.465 e. The molecule has 2 rings (SSSR count). The molecule has 0 aliphatic rings. The Morgan fingerprint density at radius 1 is 1.16 bits per heavy atom. The van der Waals surface area contributed by atoms with Crippen LogP contribution in [0.1, 0.15) is 16.7 Å². The Morgan fingerprint density at radius 2 is 1.74 bits per heavy atom. The van der Waals surface area contributed by atoms with Crippen LogP contribution in [0.5, 0.6) is 0 Å². The van der Waals surface area contributed by atoms with E-state index in [0.717, 1.165) is 21.6 Å². The third-order valence-corrected chi connectivity index (χ3v) is 2.65. The van der Waals surface area contributed by atoms with Gasteiger partial charge in [-0.1, -0.05) is 29.3 Å². The zero-order valence-electron chi connectivity index (χ0n) is 10.9. The van der Waals surface area contributed by atoms with Crippen LogP contribution in [0.25, 0.3) is 0 Å². The molecule has 0 radical (unpaired) electrons. The molecule has 0 aliphatic carbocycles. The molecule has 0 saturated carbocycles. The van der Waals surface area contributed by atoms with Crippen LogP contribution in [-0.2, 0) is 6.54 Å². The van der Waals surface area contributed by atoms with Crippen LogP contribution in [0.4, 0.5) is 10.7 Å². The van der Waals surface area contributed by atoms with Gasteiger partial charge in [0, 0.05) is 12.4 Å². The van der Waals surface area contributed by atoms with E-state index in [1.165, 1.54) is 12.4 Å². The van der Waals surface area contributed by atoms with E-state index < -0.39 is 6.09 Å². The summed E-state index contributed by atoms with van der Waals surface area (Å²) in [5.74, 6) is 0.189. The van der Waals surface area contributed by atoms with E-state index in [4.69, 9.17) is 0 Å². The Labute approximate surface area is 111 Å². The molecule has 1 aromatic carbocycles. The lowest BCUT2D eigenvalue weighted by atomic mass is 10.1. The van der Waals surface area contributed by atoms with Crippen LogP contribution in [0.2, 0.25) is 0 Å². The van der Waals surface area contributed by atoms with Crippen molar-refractivity contribution in [1.82, 2.24) is 9.97 Å². The summed E-state index contributed by atoms with van der Waals surface area (Å²) in [5, 5.41) is 9.27. The minimum Gasteiger partial charge on any atom is -0.465 e. The second-order valence-electron chi connectivity index (χ2n) is 4.41. The Bertz CT molecular complexity index is 564. The van der Waals surface area contributed by atoms with Crippen molar-refractivity contribution in [2.45, 2.75) is 20.4 Å². The van der Waals surface area contributed by atoms with Crippen LogP contribution in [0.15, 0.2) is 36.7 Å². The highest BCUT2D eigenvalue weighted by molar-refractivity contribution is 5.83. The van der Waals surface area contributed by atoms with E-state index in [2.05, 4.69) is 9.97 Å². The second-order valence-corrected chi connectivity index (χ2v) is 4.41. The molecule has 0 spiro atoms. The highest BCUT2D eigenvalue weighted by Gasteiger charge is 2.17. The van der Waals surface area contributed by atoms with E-state index in [-0.39, 0.29) is 12.5 Å². The molecule has 1 amide bonds. The number of amides is 1. The monoisotopic (exact) mass is 257 g/mol. The molecule has 0 saturated heterocycles. The molecule has 1 heterocycles. The molecule has 1 aromatic heterocycles. The van der Waals surface area contributed by atoms with Gasteiger partial charge in [0.25, 0.3) is 0 Å². The van der Waals surface area contributed by atoms with Crippen LogP contribution in [0.3, 0.4) is 0 Å². The molecular formula is C14H15N3O2. The predicted octanol–water partition coefficient (Wildman–Crippen LogP) is 2.78. The summed E-state index contributed by atoms with van der Waals surface area (Å²) in [5.41, 5.74) is 3.14. The lowest BCUT2D eigenvalue weighted by Gasteiger charge is -2.17. The number of aromatic nitrogens is 2. The first-order valence-corrected chi connectivity index (χ1v) is 5.91. The lowest BCUT2D eigenvalue weighted by Crippen LogP contribution is -2.30. The van der Waals surface area contributed by atoms with Crippen molar-refractivity contribution in [2.75, 3.05) is 4.90 Å². The first kappa shape index (κ1) is 13.0. The normalized spacial score (nSPS) is 10.2. The lowest BCUT2D eigenvalue weighted by molar-refractivity contribution is 0.201. The Morgan fingerprint density at radius 3 is 2.26 bits per heavy atom. The number of nitrogens with zero attached hydrogens (tertiary/aromatic N) is 3. The summed E-state index contributed by atoms with van der Waals surface area (Å²) in [6, 6.07) is 7.63. The molecule has 5 heteroatoms. The van der Waals surface area contributed by atoms with Gasteiger partial charge in [-0.05, 0) is 25.5 Å². The van der Waals surface area contributed by atoms with Crippen LogP contribution < -0.4 is 4.90 Å². The van der Waals surface area contributed by atoms with Crippen molar-refractivity contribution in [3.63, 3.8) is 0 Å². The SMILES string of the molecule is Cc1cc(C)cc(CN(C(=O)O)c2ncccn2)c1. The Kier molecular flexibility index (Phi) is 3.75. The third-order valence-electron chi connectivity index (χ3n) is 2.65. The van der Waals surface area contributed by atoms with E-state index in [0.29, 0.717) is 0 Å². The van der Waals surface area contributed by atoms with Gasteiger partial charge >= 0.3 is 6.09 Å². The van der Waals surface area contributed by atoms with Gasteiger partial charge in [-0.2, -0.15) is 0 Å². The summed E-state index contributed by atoms with van der Waals surface area (Å²) in [6.07, 6.45) is 1.99. The standard InChI is InChI=1S/C14H15N3O2/c1-10-6-11(2)8-12(7-10)9-17(14(18)19)13-15-4-3-5-16-13/h3-8H,9H2,1-2H3,(H,18,19). The van der Waals surface area contributed by atoms with Crippen molar-refractivity contribution < 1.29 is 9.90 Å². The van der Waals surface area contributed by atoms with Crippen molar-refractivity contribution in [3.05, 3.63) is 53.3 Å². The number of carbonyl (C=O) groups is 1. The first-order chi connectivity index (χ1) is 9.06. The minimum absolute atomic E-state index is 0.189. The van der Waals surface area contributed by atoms with E-state index >= 15 is 0 Å². The number of aryl methyl sites for hydroxylation is 2. The summed E-state index contributed by atoms with van der Waals surface area (Å²) < 4.78 is 0. The topological polar surface area (TPSA) is 66.3 Å². The number of carboxylic acid groups (broad SMARTS) is 1. The molecule has 5 nitrogen and oxygen atoms in total. The molecule has 0 atom stereocenters. The molecule has 98 valence electrons. The van der Waals surface area contributed by atoms with Gasteiger partial charge in [0.2, 0.25) is 5.95 Å². The number of anilines is 1. The molecule has 0 bridgehead atoms. The van der Waals surface area contributed by atoms with Crippen LogP contribution in [0, 0.1) is 13.8 Å².